The minimum absolute atomic E-state index is 1.11. The van der Waals surface area contributed by atoms with E-state index in [9.17, 15) is 0 Å². The van der Waals surface area contributed by atoms with Gasteiger partial charge in [-0.05, 0) is 30.7 Å². The Hall–Kier alpha value is -1.09. The van der Waals surface area contributed by atoms with Gasteiger partial charge in [-0.2, -0.15) is 0 Å². The number of halogens is 1. The van der Waals surface area contributed by atoms with Gasteiger partial charge in [-0.3, -0.25) is 0 Å². The van der Waals surface area contributed by atoms with Crippen molar-refractivity contribution in [2.45, 2.75) is 6.92 Å². The molecule has 0 unspecified atom stereocenters. The van der Waals surface area contributed by atoms with Crippen LogP contribution in [0.2, 0.25) is 0 Å². The van der Waals surface area contributed by atoms with Crippen LogP contribution in [0.5, 0.6) is 0 Å². The number of rotatable bonds is 1. The Morgan fingerprint density at radius 1 is 1.38 bits per heavy atom. The lowest BCUT2D eigenvalue weighted by atomic mass is 10.2. The minimum Gasteiger partial charge on any atom is -0.306 e. The second-order valence-electron chi connectivity index (χ2n) is 2.90. The Bertz CT molecular complexity index is 407. The maximum Gasteiger partial charge on any atom is 0.0991 e. The van der Waals surface area contributed by atoms with E-state index in [-0.39, 0.29) is 0 Å². The molecule has 1 heterocycles. The quantitative estimate of drug-likeness (QED) is 0.745. The van der Waals surface area contributed by atoms with Gasteiger partial charge in [0, 0.05) is 22.6 Å². The summed E-state index contributed by atoms with van der Waals surface area (Å²) in [5, 5.41) is 0. The van der Waals surface area contributed by atoms with Crippen molar-refractivity contribution in [1.82, 2.24) is 9.55 Å². The van der Waals surface area contributed by atoms with E-state index in [0.29, 0.717) is 0 Å². The average Bonchev–Trinajstić information content (AvgIpc) is 2.56. The summed E-state index contributed by atoms with van der Waals surface area (Å²) in [4.78, 5) is 4.01. The van der Waals surface area contributed by atoms with Gasteiger partial charge in [0.05, 0.1) is 6.33 Å². The average molecular weight is 237 g/mol. The predicted molar refractivity (Wildman–Crippen MR) is 56.0 cm³/mol. The summed E-state index contributed by atoms with van der Waals surface area (Å²) in [5.74, 6) is 0. The number of imidazole rings is 1. The molecule has 2 rings (SSSR count). The molecule has 0 saturated heterocycles. The molecule has 1 aromatic heterocycles. The molecule has 0 aliphatic carbocycles. The predicted octanol–water partition coefficient (Wildman–Crippen LogP) is 2.94. The normalized spacial score (nSPS) is 10.3. The topological polar surface area (TPSA) is 17.8 Å². The highest BCUT2D eigenvalue weighted by atomic mass is 79.9. The number of nitrogens with zero attached hydrogens (tertiary/aromatic N) is 2. The summed E-state index contributed by atoms with van der Waals surface area (Å²) in [6.45, 7) is 2.08. The molecule has 0 N–H and O–H groups in total. The van der Waals surface area contributed by atoms with E-state index >= 15 is 0 Å². The number of aromatic nitrogens is 2. The molecular formula is C10H9BrN2. The van der Waals surface area contributed by atoms with Crippen molar-refractivity contribution in [3.63, 3.8) is 0 Å². The highest BCUT2D eigenvalue weighted by Crippen LogP contribution is 2.18. The van der Waals surface area contributed by atoms with E-state index in [4.69, 9.17) is 0 Å². The molecule has 0 saturated carbocycles. The molecule has 0 atom stereocenters. The van der Waals surface area contributed by atoms with Crippen LogP contribution in [0.3, 0.4) is 0 Å². The van der Waals surface area contributed by atoms with Crippen LogP contribution in [-0.2, 0) is 0 Å². The third-order valence-corrected chi connectivity index (χ3v) is 2.43. The van der Waals surface area contributed by atoms with E-state index < -0.39 is 0 Å². The van der Waals surface area contributed by atoms with Gasteiger partial charge in [-0.1, -0.05) is 15.9 Å². The molecule has 2 nitrogen and oxygen atoms in total. The lowest BCUT2D eigenvalue weighted by molar-refractivity contribution is 1.04. The molecule has 2 aromatic rings. The fourth-order valence-electron chi connectivity index (χ4n) is 1.31. The first-order valence-corrected chi connectivity index (χ1v) is 4.81. The Labute approximate surface area is 85.4 Å². The van der Waals surface area contributed by atoms with Crippen LogP contribution < -0.4 is 0 Å². The summed E-state index contributed by atoms with van der Waals surface area (Å²) < 4.78 is 3.11. The SMILES string of the molecule is Cc1cc(Br)ccc1-n1ccnc1. The van der Waals surface area contributed by atoms with Crippen molar-refractivity contribution in [2.24, 2.45) is 0 Å². The van der Waals surface area contributed by atoms with Gasteiger partial charge in [-0.25, -0.2) is 4.98 Å². The Morgan fingerprint density at radius 3 is 2.85 bits per heavy atom. The molecule has 1 aromatic carbocycles. The van der Waals surface area contributed by atoms with Gasteiger partial charge in [-0.15, -0.1) is 0 Å². The molecule has 0 spiro atoms. The molecule has 0 radical (unpaired) electrons. The Balaban J connectivity index is 2.53. The second kappa shape index (κ2) is 3.34. The number of hydrogen-bond acceptors (Lipinski definition) is 1. The summed E-state index contributed by atoms with van der Waals surface area (Å²) in [6.07, 6.45) is 5.52. The smallest absolute Gasteiger partial charge is 0.0991 e. The molecule has 3 heteroatoms. The van der Waals surface area contributed by atoms with Gasteiger partial charge in [0.25, 0.3) is 0 Å². The van der Waals surface area contributed by atoms with Crippen LogP contribution in [0.4, 0.5) is 0 Å². The number of hydrogen-bond donors (Lipinski definition) is 0. The van der Waals surface area contributed by atoms with Crippen LogP contribution in [0, 0.1) is 6.92 Å². The summed E-state index contributed by atoms with van der Waals surface area (Å²) in [6, 6.07) is 6.19. The molecule has 0 bridgehead atoms. The van der Waals surface area contributed by atoms with Crippen molar-refractivity contribution in [3.8, 4) is 5.69 Å². The Morgan fingerprint density at radius 2 is 2.23 bits per heavy atom. The van der Waals surface area contributed by atoms with Gasteiger partial charge in [0.2, 0.25) is 0 Å². The molecule has 13 heavy (non-hydrogen) atoms. The lowest BCUT2D eigenvalue weighted by Gasteiger charge is -2.05. The zero-order valence-corrected chi connectivity index (χ0v) is 8.82. The molecule has 0 fully saturated rings. The van der Waals surface area contributed by atoms with Crippen molar-refractivity contribution in [1.29, 1.82) is 0 Å². The summed E-state index contributed by atoms with van der Waals surface area (Å²) in [7, 11) is 0. The molecule has 0 amide bonds. The molecular weight excluding hydrogens is 228 g/mol. The van der Waals surface area contributed by atoms with Crippen molar-refractivity contribution >= 4 is 15.9 Å². The standard InChI is InChI=1S/C10H9BrN2/c1-8-6-9(11)2-3-10(8)13-5-4-12-7-13/h2-7H,1H3. The maximum absolute atomic E-state index is 4.01. The third-order valence-electron chi connectivity index (χ3n) is 1.94. The highest BCUT2D eigenvalue weighted by molar-refractivity contribution is 9.10. The summed E-state index contributed by atoms with van der Waals surface area (Å²) in [5.41, 5.74) is 2.40. The highest BCUT2D eigenvalue weighted by Gasteiger charge is 1.99. The van der Waals surface area contributed by atoms with E-state index in [1.165, 1.54) is 11.3 Å². The van der Waals surface area contributed by atoms with E-state index in [1.807, 2.05) is 16.8 Å². The lowest BCUT2D eigenvalue weighted by Crippen LogP contribution is -1.92. The van der Waals surface area contributed by atoms with Gasteiger partial charge >= 0.3 is 0 Å². The zero-order valence-electron chi connectivity index (χ0n) is 7.24. The second-order valence-corrected chi connectivity index (χ2v) is 3.82. The maximum atomic E-state index is 4.01. The van der Waals surface area contributed by atoms with Crippen LogP contribution in [0.25, 0.3) is 5.69 Å². The molecule has 0 aliphatic heterocycles. The van der Waals surface area contributed by atoms with E-state index in [1.54, 1.807) is 12.5 Å². The van der Waals surface area contributed by atoms with Crippen LogP contribution in [0.1, 0.15) is 5.56 Å². The van der Waals surface area contributed by atoms with Crippen LogP contribution in [0.15, 0.2) is 41.4 Å². The van der Waals surface area contributed by atoms with E-state index in [0.717, 1.165) is 4.47 Å². The van der Waals surface area contributed by atoms with Crippen molar-refractivity contribution in [3.05, 3.63) is 47.0 Å². The fourth-order valence-corrected chi connectivity index (χ4v) is 1.79. The molecule has 0 aliphatic rings. The zero-order chi connectivity index (χ0) is 9.26. The largest absolute Gasteiger partial charge is 0.306 e. The van der Waals surface area contributed by atoms with Crippen molar-refractivity contribution in [2.75, 3.05) is 0 Å². The minimum atomic E-state index is 1.11. The van der Waals surface area contributed by atoms with Gasteiger partial charge in [0.1, 0.15) is 0 Å². The van der Waals surface area contributed by atoms with Gasteiger partial charge < -0.3 is 4.57 Å². The fraction of sp³-hybridized carbons (Fsp3) is 0.100. The molecule has 66 valence electrons. The van der Waals surface area contributed by atoms with Gasteiger partial charge in [0.15, 0.2) is 0 Å². The first-order valence-electron chi connectivity index (χ1n) is 4.02. The summed E-state index contributed by atoms with van der Waals surface area (Å²) >= 11 is 3.43. The Kier molecular flexibility index (Phi) is 2.19. The monoisotopic (exact) mass is 236 g/mol. The van der Waals surface area contributed by atoms with Crippen LogP contribution in [-0.4, -0.2) is 9.55 Å². The van der Waals surface area contributed by atoms with Crippen molar-refractivity contribution < 1.29 is 0 Å². The number of benzene rings is 1. The first kappa shape index (κ1) is 8.51. The first-order chi connectivity index (χ1) is 6.27. The van der Waals surface area contributed by atoms with E-state index in [2.05, 4.69) is 40.0 Å². The number of aryl methyl sites for hydroxylation is 1. The third kappa shape index (κ3) is 1.65. The van der Waals surface area contributed by atoms with Crippen LogP contribution >= 0.6 is 15.9 Å².